The molecule has 14 heteroatoms. The summed E-state index contributed by atoms with van der Waals surface area (Å²) >= 11 is 0. The lowest BCUT2D eigenvalue weighted by Crippen LogP contribution is -2.55. The molecular formula is C36H69N5O9. The molecule has 0 amide bonds. The predicted octanol–water partition coefficient (Wildman–Crippen LogP) is 2.31. The van der Waals surface area contributed by atoms with Crippen LogP contribution in [0.3, 0.4) is 0 Å². The van der Waals surface area contributed by atoms with Crippen molar-refractivity contribution in [3.05, 3.63) is 0 Å². The third kappa shape index (κ3) is 23.2. The van der Waals surface area contributed by atoms with E-state index in [2.05, 4.69) is 0 Å². The second-order valence-corrected chi connectivity index (χ2v) is 17.0. The molecule has 1 saturated heterocycles. The van der Waals surface area contributed by atoms with Gasteiger partial charge in [0.2, 0.25) is 0 Å². The Morgan fingerprint density at radius 2 is 0.880 bits per heavy atom. The molecular weight excluding hydrogens is 646 g/mol. The van der Waals surface area contributed by atoms with Crippen molar-refractivity contribution in [3.8, 4) is 0 Å². The van der Waals surface area contributed by atoms with E-state index in [0.717, 1.165) is 0 Å². The Bertz CT molecular complexity index is 1060. The van der Waals surface area contributed by atoms with Crippen molar-refractivity contribution in [3.63, 3.8) is 0 Å². The topological polar surface area (TPSA) is 153 Å². The van der Waals surface area contributed by atoms with Crippen molar-refractivity contribution in [2.45, 2.75) is 118 Å². The fourth-order valence-corrected chi connectivity index (χ4v) is 5.19. The van der Waals surface area contributed by atoms with Crippen LogP contribution in [-0.2, 0) is 42.9 Å². The standard InChI is InChI=1S/C36H69N5O9/c1-33(2,3)47-29(42)23-38-15-16-39(24-30(43)48-34(4,5)6)19-20-41(26-32(45)50-36(10,11)12)28(27-46-21-13-14-37)22-40(18-17-38)25-31(44)49-35(7,8)9/h28H,13-27,37H2,1-12H3. The Morgan fingerprint density at radius 1 is 0.540 bits per heavy atom. The number of ether oxygens (including phenoxy) is 5. The highest BCUT2D eigenvalue weighted by atomic mass is 16.6. The van der Waals surface area contributed by atoms with Crippen molar-refractivity contribution < 1.29 is 42.9 Å². The van der Waals surface area contributed by atoms with Crippen molar-refractivity contribution in [2.75, 3.05) is 91.8 Å². The lowest BCUT2D eigenvalue weighted by atomic mass is 10.2. The lowest BCUT2D eigenvalue weighted by Gasteiger charge is -2.38. The van der Waals surface area contributed by atoms with Crippen LogP contribution in [0.2, 0.25) is 0 Å². The molecule has 1 rings (SSSR count). The van der Waals surface area contributed by atoms with Crippen LogP contribution in [0, 0.1) is 0 Å². The maximum Gasteiger partial charge on any atom is 0.320 e. The Labute approximate surface area is 301 Å². The molecule has 1 heterocycles. The Kier molecular flexibility index (Phi) is 18.8. The van der Waals surface area contributed by atoms with Gasteiger partial charge in [-0.15, -0.1) is 0 Å². The van der Waals surface area contributed by atoms with Crippen LogP contribution < -0.4 is 5.73 Å². The molecule has 2 N–H and O–H groups in total. The second kappa shape index (κ2) is 20.6. The van der Waals surface area contributed by atoms with Crippen LogP contribution in [0.25, 0.3) is 0 Å². The molecule has 50 heavy (non-hydrogen) atoms. The molecule has 0 aromatic carbocycles. The number of esters is 4. The second-order valence-electron chi connectivity index (χ2n) is 17.0. The minimum absolute atomic E-state index is 0.00188. The van der Waals surface area contributed by atoms with E-state index >= 15 is 0 Å². The first-order valence-corrected chi connectivity index (χ1v) is 17.9. The summed E-state index contributed by atoms with van der Waals surface area (Å²) in [4.78, 5) is 60.4. The van der Waals surface area contributed by atoms with E-state index in [1.54, 1.807) is 0 Å². The van der Waals surface area contributed by atoms with E-state index in [1.807, 2.05) is 103 Å². The SMILES string of the molecule is CC(C)(C)OC(=O)CN1CCN(CC(=O)OC(C)(C)C)CCN(CC(=O)OC(C)(C)C)C(COCCCN)CN(CC(=O)OC(C)(C)C)CC1. The van der Waals surface area contributed by atoms with Crippen molar-refractivity contribution in [1.82, 2.24) is 19.6 Å². The van der Waals surface area contributed by atoms with Gasteiger partial charge < -0.3 is 29.4 Å². The largest absolute Gasteiger partial charge is 0.459 e. The van der Waals surface area contributed by atoms with E-state index in [9.17, 15) is 19.2 Å². The first-order valence-electron chi connectivity index (χ1n) is 17.9. The van der Waals surface area contributed by atoms with Gasteiger partial charge in [0.1, 0.15) is 22.4 Å². The summed E-state index contributed by atoms with van der Waals surface area (Å²) in [6, 6.07) is -0.343. The van der Waals surface area contributed by atoms with Gasteiger partial charge in [-0.1, -0.05) is 0 Å². The predicted molar refractivity (Wildman–Crippen MR) is 193 cm³/mol. The Balaban J connectivity index is 3.56. The molecule has 0 spiro atoms. The summed E-state index contributed by atoms with van der Waals surface area (Å²) in [5.74, 6) is -1.50. The fraction of sp³-hybridized carbons (Fsp3) is 0.889. The molecule has 0 bridgehead atoms. The van der Waals surface area contributed by atoms with Crippen LogP contribution in [0.1, 0.15) is 89.5 Å². The average Bonchev–Trinajstić information content (AvgIpc) is 2.88. The summed E-state index contributed by atoms with van der Waals surface area (Å²) in [5, 5.41) is 0. The summed E-state index contributed by atoms with van der Waals surface area (Å²) in [7, 11) is 0. The van der Waals surface area contributed by atoms with Gasteiger partial charge in [0.25, 0.3) is 0 Å². The third-order valence-corrected chi connectivity index (χ3v) is 7.03. The molecule has 0 aromatic rings. The first kappa shape index (κ1) is 45.7. The van der Waals surface area contributed by atoms with Crippen LogP contribution in [0.4, 0.5) is 0 Å². The van der Waals surface area contributed by atoms with Gasteiger partial charge in [0, 0.05) is 58.5 Å². The minimum Gasteiger partial charge on any atom is -0.459 e. The molecule has 1 fully saturated rings. The number of hydrogen-bond acceptors (Lipinski definition) is 14. The molecule has 0 aromatic heterocycles. The van der Waals surface area contributed by atoms with E-state index in [4.69, 9.17) is 29.4 Å². The molecule has 292 valence electrons. The molecule has 0 radical (unpaired) electrons. The Morgan fingerprint density at radius 3 is 1.26 bits per heavy atom. The normalized spacial score (nSPS) is 18.9. The maximum atomic E-state index is 13.3. The highest BCUT2D eigenvalue weighted by Gasteiger charge is 2.31. The molecule has 1 unspecified atom stereocenters. The van der Waals surface area contributed by atoms with Gasteiger partial charge in [-0.3, -0.25) is 38.8 Å². The third-order valence-electron chi connectivity index (χ3n) is 7.03. The minimum atomic E-state index is -0.681. The molecule has 0 saturated carbocycles. The van der Waals surface area contributed by atoms with E-state index in [1.165, 1.54) is 0 Å². The van der Waals surface area contributed by atoms with Crippen LogP contribution in [0.15, 0.2) is 0 Å². The van der Waals surface area contributed by atoms with Crippen LogP contribution in [-0.4, -0.2) is 164 Å². The van der Waals surface area contributed by atoms with Crippen LogP contribution >= 0.6 is 0 Å². The van der Waals surface area contributed by atoms with Crippen molar-refractivity contribution >= 4 is 23.9 Å². The molecule has 0 aliphatic carbocycles. The highest BCUT2D eigenvalue weighted by Crippen LogP contribution is 2.15. The average molecular weight is 716 g/mol. The Hall–Kier alpha value is -2.36. The highest BCUT2D eigenvalue weighted by molar-refractivity contribution is 5.73. The van der Waals surface area contributed by atoms with Crippen molar-refractivity contribution in [2.24, 2.45) is 5.73 Å². The van der Waals surface area contributed by atoms with E-state index in [-0.39, 0.29) is 56.7 Å². The van der Waals surface area contributed by atoms with Gasteiger partial charge in [0.05, 0.1) is 32.8 Å². The van der Waals surface area contributed by atoms with Crippen molar-refractivity contribution in [1.29, 1.82) is 0 Å². The number of nitrogens with zero attached hydrogens (tertiary/aromatic N) is 4. The number of nitrogens with two attached hydrogens (primary N) is 1. The zero-order valence-corrected chi connectivity index (χ0v) is 33.2. The van der Waals surface area contributed by atoms with Gasteiger partial charge >= 0.3 is 23.9 Å². The molecule has 14 nitrogen and oxygen atoms in total. The van der Waals surface area contributed by atoms with E-state index < -0.39 is 28.4 Å². The molecule has 1 aliphatic heterocycles. The van der Waals surface area contributed by atoms with Gasteiger partial charge in [-0.2, -0.15) is 0 Å². The quantitative estimate of drug-likeness (QED) is 0.169. The van der Waals surface area contributed by atoms with Gasteiger partial charge in [-0.05, 0) is 96.1 Å². The zero-order chi connectivity index (χ0) is 38.3. The smallest absolute Gasteiger partial charge is 0.320 e. The summed E-state index contributed by atoms with van der Waals surface area (Å²) in [5.41, 5.74) is 3.07. The monoisotopic (exact) mass is 716 g/mol. The summed E-state index contributed by atoms with van der Waals surface area (Å²) < 4.78 is 28.8. The first-order chi connectivity index (χ1) is 22.8. The molecule has 1 aliphatic rings. The summed E-state index contributed by atoms with van der Waals surface area (Å²) in [6.45, 7) is 26.0. The zero-order valence-electron chi connectivity index (χ0n) is 33.2. The summed E-state index contributed by atoms with van der Waals surface area (Å²) in [6.07, 6.45) is 0.670. The number of carbonyl (C=O) groups excluding carboxylic acids is 4. The van der Waals surface area contributed by atoms with Gasteiger partial charge in [0.15, 0.2) is 0 Å². The fourth-order valence-electron chi connectivity index (χ4n) is 5.19. The maximum absolute atomic E-state index is 13.3. The number of rotatable bonds is 13. The molecule has 1 atom stereocenters. The lowest BCUT2D eigenvalue weighted by molar-refractivity contribution is -0.160. The van der Waals surface area contributed by atoms with E-state index in [0.29, 0.717) is 65.4 Å². The number of hydrogen-bond donors (Lipinski definition) is 1. The van der Waals surface area contributed by atoms with Crippen LogP contribution in [0.5, 0.6) is 0 Å². The number of carbonyl (C=O) groups is 4. The van der Waals surface area contributed by atoms with Gasteiger partial charge in [-0.25, -0.2) is 0 Å².